The minimum absolute atomic E-state index is 0.102. The predicted molar refractivity (Wildman–Crippen MR) is 107 cm³/mol. The van der Waals surface area contributed by atoms with Crippen LogP contribution in [0.4, 0.5) is 5.69 Å². The SMILES string of the molecule is CC1CN(C(C(=O)N(C)Cc2ccc(N(C)C)cc2)C(C)C)CC(C)O1. The second kappa shape index (κ2) is 8.87. The monoisotopic (exact) mass is 361 g/mol. The Morgan fingerprint density at radius 1 is 1.12 bits per heavy atom. The first kappa shape index (κ1) is 20.7. The Kier molecular flexibility index (Phi) is 7.07. The second-order valence-electron chi connectivity index (χ2n) is 8.16. The molecule has 5 nitrogen and oxygen atoms in total. The molecule has 1 amide bonds. The van der Waals surface area contributed by atoms with E-state index < -0.39 is 0 Å². The highest BCUT2D eigenvalue weighted by atomic mass is 16.5. The van der Waals surface area contributed by atoms with Crippen LogP contribution in [0.15, 0.2) is 24.3 Å². The van der Waals surface area contributed by atoms with E-state index in [2.05, 4.69) is 61.8 Å². The van der Waals surface area contributed by atoms with Gasteiger partial charge in [-0.25, -0.2) is 0 Å². The molecule has 1 saturated heterocycles. The van der Waals surface area contributed by atoms with Crippen molar-refractivity contribution in [1.29, 1.82) is 0 Å². The maximum atomic E-state index is 13.2. The van der Waals surface area contributed by atoms with E-state index in [9.17, 15) is 4.79 Å². The summed E-state index contributed by atoms with van der Waals surface area (Å²) in [4.78, 5) is 19.5. The van der Waals surface area contributed by atoms with Gasteiger partial charge in [0, 0.05) is 46.5 Å². The highest BCUT2D eigenvalue weighted by Crippen LogP contribution is 2.21. The summed E-state index contributed by atoms with van der Waals surface area (Å²) in [6.07, 6.45) is 0.327. The number of rotatable bonds is 6. The number of morpholine rings is 1. The zero-order valence-electron chi connectivity index (χ0n) is 17.4. The fourth-order valence-electron chi connectivity index (χ4n) is 3.78. The minimum atomic E-state index is -0.102. The largest absolute Gasteiger partial charge is 0.378 e. The van der Waals surface area contributed by atoms with Gasteiger partial charge in [-0.1, -0.05) is 26.0 Å². The van der Waals surface area contributed by atoms with Gasteiger partial charge in [-0.05, 0) is 37.5 Å². The fraction of sp³-hybridized carbons (Fsp3) is 0.667. The van der Waals surface area contributed by atoms with Gasteiger partial charge in [-0.2, -0.15) is 0 Å². The molecular formula is C21H35N3O2. The van der Waals surface area contributed by atoms with Crippen LogP contribution in [0.5, 0.6) is 0 Å². The third-order valence-electron chi connectivity index (χ3n) is 4.97. The molecule has 1 aromatic rings. The third-order valence-corrected chi connectivity index (χ3v) is 4.97. The van der Waals surface area contributed by atoms with Gasteiger partial charge >= 0.3 is 0 Å². The van der Waals surface area contributed by atoms with Gasteiger partial charge in [0.1, 0.15) is 0 Å². The van der Waals surface area contributed by atoms with Crippen molar-refractivity contribution in [3.63, 3.8) is 0 Å². The van der Waals surface area contributed by atoms with Crippen LogP contribution >= 0.6 is 0 Å². The normalized spacial score (nSPS) is 22.3. The zero-order valence-corrected chi connectivity index (χ0v) is 17.4. The highest BCUT2D eigenvalue weighted by molar-refractivity contribution is 5.82. The van der Waals surface area contributed by atoms with Crippen LogP contribution in [0.2, 0.25) is 0 Å². The van der Waals surface area contributed by atoms with Crippen molar-refractivity contribution in [3.05, 3.63) is 29.8 Å². The molecule has 2 rings (SSSR count). The molecule has 1 heterocycles. The standard InChI is InChI=1S/C21H35N3O2/c1-15(2)20(24-12-16(3)26-17(4)13-24)21(25)23(7)14-18-8-10-19(11-9-18)22(5)6/h8-11,15-17,20H,12-14H2,1-7H3. The molecule has 3 atom stereocenters. The van der Waals surface area contributed by atoms with Crippen molar-refractivity contribution < 1.29 is 9.53 Å². The lowest BCUT2D eigenvalue weighted by molar-refractivity contribution is -0.144. The first-order valence-electron chi connectivity index (χ1n) is 9.59. The quantitative estimate of drug-likeness (QED) is 0.781. The summed E-state index contributed by atoms with van der Waals surface area (Å²) in [6, 6.07) is 8.29. The van der Waals surface area contributed by atoms with Crippen molar-refractivity contribution >= 4 is 11.6 Å². The van der Waals surface area contributed by atoms with E-state index in [1.165, 1.54) is 5.69 Å². The molecule has 0 aromatic heterocycles. The Bertz CT molecular complexity index is 575. The van der Waals surface area contributed by atoms with E-state index in [0.29, 0.717) is 6.54 Å². The smallest absolute Gasteiger partial charge is 0.240 e. The Morgan fingerprint density at radius 3 is 2.12 bits per heavy atom. The molecule has 1 aliphatic rings. The fourth-order valence-corrected chi connectivity index (χ4v) is 3.78. The number of carbonyl (C=O) groups is 1. The molecule has 3 unspecified atom stereocenters. The number of nitrogens with zero attached hydrogens (tertiary/aromatic N) is 3. The van der Waals surface area contributed by atoms with Crippen molar-refractivity contribution in [2.75, 3.05) is 39.1 Å². The van der Waals surface area contributed by atoms with Crippen LogP contribution in [-0.4, -0.2) is 68.2 Å². The van der Waals surface area contributed by atoms with E-state index in [1.807, 2.05) is 26.0 Å². The topological polar surface area (TPSA) is 36.0 Å². The number of amides is 1. The van der Waals surface area contributed by atoms with Crippen LogP contribution in [0.1, 0.15) is 33.3 Å². The van der Waals surface area contributed by atoms with Crippen molar-refractivity contribution in [2.24, 2.45) is 5.92 Å². The van der Waals surface area contributed by atoms with Gasteiger partial charge in [0.2, 0.25) is 5.91 Å². The zero-order chi connectivity index (χ0) is 19.4. The highest BCUT2D eigenvalue weighted by Gasteiger charge is 2.35. The predicted octanol–water partition coefficient (Wildman–Crippen LogP) is 2.84. The number of likely N-dealkylation sites (N-methyl/N-ethyl adjacent to an activating group) is 1. The molecule has 26 heavy (non-hydrogen) atoms. The number of ether oxygens (including phenoxy) is 1. The lowest BCUT2D eigenvalue weighted by Gasteiger charge is -2.42. The van der Waals surface area contributed by atoms with Crippen LogP contribution < -0.4 is 4.90 Å². The van der Waals surface area contributed by atoms with Gasteiger partial charge < -0.3 is 14.5 Å². The molecule has 1 aliphatic heterocycles. The summed E-state index contributed by atoms with van der Waals surface area (Å²) in [7, 11) is 5.97. The average molecular weight is 362 g/mol. The van der Waals surface area contributed by atoms with Crippen molar-refractivity contribution in [1.82, 2.24) is 9.80 Å². The lowest BCUT2D eigenvalue weighted by Crippen LogP contribution is -2.57. The Morgan fingerprint density at radius 2 is 1.65 bits per heavy atom. The van der Waals surface area contributed by atoms with Gasteiger partial charge in [-0.15, -0.1) is 0 Å². The summed E-state index contributed by atoms with van der Waals surface area (Å²) < 4.78 is 5.84. The third kappa shape index (κ3) is 5.21. The van der Waals surface area contributed by atoms with Crippen LogP contribution in [0.3, 0.4) is 0 Å². The Labute approximate surface area is 158 Å². The average Bonchev–Trinajstić information content (AvgIpc) is 2.54. The number of anilines is 1. The van der Waals surface area contributed by atoms with E-state index in [4.69, 9.17) is 4.74 Å². The van der Waals surface area contributed by atoms with Crippen molar-refractivity contribution in [2.45, 2.75) is 52.5 Å². The molecule has 146 valence electrons. The first-order valence-corrected chi connectivity index (χ1v) is 9.59. The van der Waals surface area contributed by atoms with E-state index in [0.717, 1.165) is 18.7 Å². The summed E-state index contributed by atoms with van der Waals surface area (Å²) in [5.74, 6) is 0.455. The number of benzene rings is 1. The molecule has 0 bridgehead atoms. The van der Waals surface area contributed by atoms with Crippen LogP contribution in [0.25, 0.3) is 0 Å². The molecule has 0 saturated carbocycles. The van der Waals surface area contributed by atoms with Gasteiger partial charge in [0.25, 0.3) is 0 Å². The van der Waals surface area contributed by atoms with E-state index in [1.54, 1.807) is 0 Å². The molecular weight excluding hydrogens is 326 g/mol. The maximum absolute atomic E-state index is 13.2. The molecule has 0 spiro atoms. The molecule has 1 fully saturated rings. The van der Waals surface area contributed by atoms with E-state index in [-0.39, 0.29) is 30.1 Å². The van der Waals surface area contributed by atoms with Gasteiger partial charge in [0.15, 0.2) is 0 Å². The summed E-state index contributed by atoms with van der Waals surface area (Å²) in [6.45, 7) is 10.7. The molecule has 0 N–H and O–H groups in total. The minimum Gasteiger partial charge on any atom is -0.378 e. The van der Waals surface area contributed by atoms with Gasteiger partial charge in [-0.3, -0.25) is 9.69 Å². The number of hydrogen-bond donors (Lipinski definition) is 0. The van der Waals surface area contributed by atoms with Gasteiger partial charge in [0.05, 0.1) is 18.2 Å². The molecule has 0 aliphatic carbocycles. The van der Waals surface area contributed by atoms with Crippen LogP contribution in [-0.2, 0) is 16.1 Å². The second-order valence-corrected chi connectivity index (χ2v) is 8.16. The molecule has 5 heteroatoms. The number of carbonyl (C=O) groups excluding carboxylic acids is 1. The number of hydrogen-bond acceptors (Lipinski definition) is 4. The van der Waals surface area contributed by atoms with Crippen molar-refractivity contribution in [3.8, 4) is 0 Å². The van der Waals surface area contributed by atoms with E-state index >= 15 is 0 Å². The summed E-state index contributed by atoms with van der Waals surface area (Å²) in [5, 5.41) is 0. The first-order chi connectivity index (χ1) is 12.2. The summed E-state index contributed by atoms with van der Waals surface area (Å²) >= 11 is 0. The van der Waals surface area contributed by atoms with Crippen LogP contribution in [0, 0.1) is 5.92 Å². The Balaban J connectivity index is 2.07. The summed E-state index contributed by atoms with van der Waals surface area (Å²) in [5.41, 5.74) is 2.32. The lowest BCUT2D eigenvalue weighted by atomic mass is 9.99. The molecule has 1 aromatic carbocycles. The maximum Gasteiger partial charge on any atom is 0.240 e. The molecule has 0 radical (unpaired) electrons. The Hall–Kier alpha value is -1.59.